The summed E-state index contributed by atoms with van der Waals surface area (Å²) in [5.74, 6) is -1.20. The van der Waals surface area contributed by atoms with Crippen molar-refractivity contribution in [2.45, 2.75) is 26.2 Å². The minimum Gasteiger partial charge on any atom is -0.465 e. The minimum atomic E-state index is -1.03. The maximum Gasteiger partial charge on any atom is 0.337 e. The molecule has 0 aliphatic heterocycles. The number of hydrogen-bond acceptors (Lipinski definition) is 4. The number of ether oxygens (including phenoxy) is 1. The van der Waals surface area contributed by atoms with Gasteiger partial charge in [0, 0.05) is 6.54 Å². The highest BCUT2D eigenvalue weighted by atomic mass is 35.5. The third-order valence-corrected chi connectivity index (χ3v) is 4.12. The van der Waals surface area contributed by atoms with Crippen LogP contribution in [-0.2, 0) is 14.3 Å². The molecule has 0 aromatic heterocycles. The summed E-state index contributed by atoms with van der Waals surface area (Å²) in [5.41, 5.74) is -0.471. The number of nitrogens with one attached hydrogen (secondary N) is 2. The molecule has 6 nitrogen and oxygen atoms in total. The molecule has 2 rings (SSSR count). The summed E-state index contributed by atoms with van der Waals surface area (Å²) in [6, 6.07) is 4.44. The lowest BCUT2D eigenvalue weighted by atomic mass is 10.0. The van der Waals surface area contributed by atoms with Gasteiger partial charge in [-0.25, -0.2) is 4.79 Å². The van der Waals surface area contributed by atoms with E-state index in [-0.39, 0.29) is 22.2 Å². The van der Waals surface area contributed by atoms with Gasteiger partial charge in [-0.15, -0.1) is 0 Å². The Kier molecular flexibility index (Phi) is 5.26. The summed E-state index contributed by atoms with van der Waals surface area (Å²) in [6.45, 7) is 2.48. The molecule has 2 N–H and O–H groups in total. The standard InChI is InChI=1S/C16H19ClN2O4/c1-3-8-18-14(21)16(6-7-16)15(22)19-12-9-10(13(20)23-2)4-5-11(12)17/h4-5,9H,3,6-8H2,1-2H3,(H,18,21)(H,19,22). The average molecular weight is 339 g/mol. The van der Waals surface area contributed by atoms with Crippen molar-refractivity contribution in [2.75, 3.05) is 19.0 Å². The Morgan fingerprint density at radius 2 is 1.96 bits per heavy atom. The largest absolute Gasteiger partial charge is 0.465 e. The van der Waals surface area contributed by atoms with Crippen LogP contribution >= 0.6 is 11.6 Å². The highest BCUT2D eigenvalue weighted by Crippen LogP contribution is 2.47. The molecule has 0 unspecified atom stereocenters. The molecule has 124 valence electrons. The van der Waals surface area contributed by atoms with Crippen LogP contribution in [0.15, 0.2) is 18.2 Å². The summed E-state index contributed by atoms with van der Waals surface area (Å²) in [4.78, 5) is 36.2. The number of amides is 2. The first-order valence-electron chi connectivity index (χ1n) is 7.42. The first-order chi connectivity index (χ1) is 10.9. The molecule has 1 saturated carbocycles. The van der Waals surface area contributed by atoms with E-state index < -0.39 is 17.3 Å². The highest BCUT2D eigenvalue weighted by molar-refractivity contribution is 6.34. The number of halogens is 1. The highest BCUT2D eigenvalue weighted by Gasteiger charge is 2.56. The van der Waals surface area contributed by atoms with E-state index in [1.165, 1.54) is 25.3 Å². The summed E-state index contributed by atoms with van der Waals surface area (Å²) in [6.07, 6.45) is 1.81. The molecule has 7 heteroatoms. The van der Waals surface area contributed by atoms with Crippen molar-refractivity contribution in [3.8, 4) is 0 Å². The van der Waals surface area contributed by atoms with E-state index >= 15 is 0 Å². The molecule has 1 aliphatic carbocycles. The van der Waals surface area contributed by atoms with Crippen molar-refractivity contribution in [1.29, 1.82) is 0 Å². The Morgan fingerprint density at radius 1 is 1.26 bits per heavy atom. The lowest BCUT2D eigenvalue weighted by molar-refractivity contribution is -0.134. The van der Waals surface area contributed by atoms with Crippen molar-refractivity contribution in [2.24, 2.45) is 5.41 Å². The van der Waals surface area contributed by atoms with Crippen LogP contribution in [0.25, 0.3) is 0 Å². The molecular weight excluding hydrogens is 320 g/mol. The number of carbonyl (C=O) groups is 3. The Balaban J connectivity index is 2.14. The molecular formula is C16H19ClN2O4. The van der Waals surface area contributed by atoms with E-state index in [1.54, 1.807) is 0 Å². The second-order valence-electron chi connectivity index (χ2n) is 5.48. The fraction of sp³-hybridized carbons (Fsp3) is 0.438. The van der Waals surface area contributed by atoms with Crippen LogP contribution in [0.4, 0.5) is 5.69 Å². The van der Waals surface area contributed by atoms with Crippen LogP contribution in [0.3, 0.4) is 0 Å². The average Bonchev–Trinajstić information content (AvgIpc) is 3.35. The van der Waals surface area contributed by atoms with Crippen LogP contribution in [0.2, 0.25) is 5.02 Å². The summed E-state index contributed by atoms with van der Waals surface area (Å²) >= 11 is 6.05. The van der Waals surface area contributed by atoms with E-state index in [0.717, 1.165) is 6.42 Å². The molecule has 0 bridgehead atoms. The van der Waals surface area contributed by atoms with Crippen LogP contribution in [0.1, 0.15) is 36.5 Å². The van der Waals surface area contributed by atoms with Gasteiger partial charge in [0.25, 0.3) is 0 Å². The third kappa shape index (κ3) is 3.64. The topological polar surface area (TPSA) is 84.5 Å². The van der Waals surface area contributed by atoms with Crippen LogP contribution in [0.5, 0.6) is 0 Å². The molecule has 0 saturated heterocycles. The zero-order valence-corrected chi connectivity index (χ0v) is 13.8. The SMILES string of the molecule is CCCNC(=O)C1(C(=O)Nc2cc(C(=O)OC)ccc2Cl)CC1. The van der Waals surface area contributed by atoms with E-state index in [1.807, 2.05) is 6.92 Å². The molecule has 2 amide bonds. The molecule has 23 heavy (non-hydrogen) atoms. The van der Waals surface area contributed by atoms with Crippen molar-refractivity contribution in [3.63, 3.8) is 0 Å². The Morgan fingerprint density at radius 3 is 2.52 bits per heavy atom. The predicted molar refractivity (Wildman–Crippen MR) is 86.4 cm³/mol. The number of anilines is 1. The lowest BCUT2D eigenvalue weighted by Gasteiger charge is -2.16. The lowest BCUT2D eigenvalue weighted by Crippen LogP contribution is -2.40. The van der Waals surface area contributed by atoms with Gasteiger partial charge in [0.05, 0.1) is 23.4 Å². The maximum absolute atomic E-state index is 12.5. The number of esters is 1. The van der Waals surface area contributed by atoms with Crippen LogP contribution in [-0.4, -0.2) is 31.4 Å². The smallest absolute Gasteiger partial charge is 0.337 e. The Labute approximate surface area is 139 Å². The van der Waals surface area contributed by atoms with Crippen molar-refractivity contribution < 1.29 is 19.1 Å². The van der Waals surface area contributed by atoms with Crippen LogP contribution < -0.4 is 10.6 Å². The first-order valence-corrected chi connectivity index (χ1v) is 7.80. The summed E-state index contributed by atoms with van der Waals surface area (Å²) < 4.78 is 4.64. The zero-order chi connectivity index (χ0) is 17.0. The number of methoxy groups -OCH3 is 1. The molecule has 1 aromatic rings. The van der Waals surface area contributed by atoms with Crippen molar-refractivity contribution in [1.82, 2.24) is 5.32 Å². The van der Waals surface area contributed by atoms with Gasteiger partial charge in [0.2, 0.25) is 11.8 Å². The molecule has 1 aliphatic rings. The zero-order valence-electron chi connectivity index (χ0n) is 13.1. The van der Waals surface area contributed by atoms with E-state index in [4.69, 9.17) is 11.6 Å². The van der Waals surface area contributed by atoms with Gasteiger partial charge in [0.15, 0.2) is 0 Å². The number of hydrogen-bond donors (Lipinski definition) is 2. The van der Waals surface area contributed by atoms with Gasteiger partial charge in [-0.3, -0.25) is 9.59 Å². The van der Waals surface area contributed by atoms with E-state index in [9.17, 15) is 14.4 Å². The second kappa shape index (κ2) is 7.00. The molecule has 0 radical (unpaired) electrons. The van der Waals surface area contributed by atoms with E-state index in [0.29, 0.717) is 19.4 Å². The van der Waals surface area contributed by atoms with E-state index in [2.05, 4.69) is 15.4 Å². The quantitative estimate of drug-likeness (QED) is 0.616. The fourth-order valence-corrected chi connectivity index (χ4v) is 2.36. The van der Waals surface area contributed by atoms with Gasteiger partial charge >= 0.3 is 5.97 Å². The van der Waals surface area contributed by atoms with Crippen LogP contribution in [0, 0.1) is 5.41 Å². The molecule has 0 spiro atoms. The third-order valence-electron chi connectivity index (χ3n) is 3.79. The first kappa shape index (κ1) is 17.3. The number of carbonyl (C=O) groups excluding carboxylic acids is 3. The second-order valence-corrected chi connectivity index (χ2v) is 5.89. The predicted octanol–water partition coefficient (Wildman–Crippen LogP) is 2.37. The monoisotopic (exact) mass is 338 g/mol. The number of rotatable bonds is 6. The maximum atomic E-state index is 12.5. The Hall–Kier alpha value is -2.08. The van der Waals surface area contributed by atoms with Gasteiger partial charge < -0.3 is 15.4 Å². The fourth-order valence-electron chi connectivity index (χ4n) is 2.20. The van der Waals surface area contributed by atoms with Crippen molar-refractivity contribution in [3.05, 3.63) is 28.8 Å². The molecule has 0 atom stereocenters. The van der Waals surface area contributed by atoms with Crippen molar-refractivity contribution >= 4 is 35.1 Å². The molecule has 1 fully saturated rings. The van der Waals surface area contributed by atoms with Gasteiger partial charge in [0.1, 0.15) is 5.41 Å². The normalized spacial score (nSPS) is 14.7. The number of benzene rings is 1. The molecule has 1 aromatic carbocycles. The Bertz CT molecular complexity index is 641. The van der Waals surface area contributed by atoms with Gasteiger partial charge in [-0.2, -0.15) is 0 Å². The molecule has 0 heterocycles. The summed E-state index contributed by atoms with van der Waals surface area (Å²) in [7, 11) is 1.27. The minimum absolute atomic E-state index is 0.267. The van der Waals surface area contributed by atoms with Gasteiger partial charge in [-0.1, -0.05) is 18.5 Å². The van der Waals surface area contributed by atoms with Gasteiger partial charge in [-0.05, 0) is 37.5 Å². The summed E-state index contributed by atoms with van der Waals surface area (Å²) in [5, 5.41) is 5.69.